The summed E-state index contributed by atoms with van der Waals surface area (Å²) in [6, 6.07) is 41.7. The maximum absolute atomic E-state index is 16.0. The molecular weight excluding hydrogens is 578 g/mol. The molecule has 4 heteroatoms. The lowest BCUT2D eigenvalue weighted by atomic mass is 9.59. The average molecular weight is 614 g/mol. The van der Waals surface area contributed by atoms with Gasteiger partial charge in [0.2, 0.25) is 11.8 Å². The van der Waals surface area contributed by atoms with E-state index in [9.17, 15) is 0 Å². The molecule has 0 aromatic heterocycles. The van der Waals surface area contributed by atoms with Crippen molar-refractivity contribution in [1.29, 1.82) is 0 Å². The Balaban J connectivity index is 1.56. The van der Waals surface area contributed by atoms with Crippen molar-refractivity contribution in [2.24, 2.45) is 11.8 Å². The highest BCUT2D eigenvalue weighted by molar-refractivity contribution is 6.39. The first kappa shape index (κ1) is 29.1. The van der Waals surface area contributed by atoms with E-state index in [2.05, 4.69) is 48.5 Å². The number of anilines is 1. The molecule has 47 heavy (non-hydrogen) atoms. The number of aryl methyl sites for hydroxylation is 4. The highest BCUT2D eigenvalue weighted by Crippen LogP contribution is 2.74. The molecule has 1 aliphatic heterocycles. The van der Waals surface area contributed by atoms with Crippen LogP contribution in [0.4, 0.5) is 5.69 Å². The molecule has 4 atom stereocenters. The first-order valence-corrected chi connectivity index (χ1v) is 16.2. The molecule has 4 nitrogen and oxygen atoms in total. The molecule has 5 aromatic carbocycles. The maximum Gasteiger partial charge on any atom is 0.239 e. The second-order valence-corrected chi connectivity index (χ2v) is 13.4. The lowest BCUT2D eigenvalue weighted by Crippen LogP contribution is -2.45. The van der Waals surface area contributed by atoms with E-state index >= 15 is 14.4 Å². The number of hydrogen-bond donors (Lipinski definition) is 0. The van der Waals surface area contributed by atoms with Gasteiger partial charge in [0.25, 0.3) is 0 Å². The Morgan fingerprint density at radius 1 is 0.489 bits per heavy atom. The number of amides is 2. The van der Waals surface area contributed by atoms with Gasteiger partial charge in [-0.2, -0.15) is 0 Å². The van der Waals surface area contributed by atoms with Crippen LogP contribution in [0.15, 0.2) is 127 Å². The molecule has 2 amide bonds. The Labute approximate surface area is 275 Å². The number of nitrogens with zero attached hydrogens (tertiary/aromatic N) is 1. The zero-order valence-electron chi connectivity index (χ0n) is 27.0. The molecule has 0 spiro atoms. The number of fused-ring (bicyclic) bond motifs is 5. The normalized spacial score (nSPS) is 24.8. The third kappa shape index (κ3) is 3.73. The van der Waals surface area contributed by atoms with Gasteiger partial charge in [-0.3, -0.25) is 14.4 Å². The maximum atomic E-state index is 16.0. The Bertz CT molecular complexity index is 2000. The summed E-state index contributed by atoms with van der Waals surface area (Å²) in [7, 11) is 0. The third-order valence-electron chi connectivity index (χ3n) is 10.7. The predicted molar refractivity (Wildman–Crippen MR) is 186 cm³/mol. The zero-order valence-corrected chi connectivity index (χ0v) is 27.0. The van der Waals surface area contributed by atoms with Crippen LogP contribution in [0, 0.1) is 39.5 Å². The predicted octanol–water partition coefficient (Wildman–Crippen LogP) is 8.11. The summed E-state index contributed by atoms with van der Waals surface area (Å²) in [5.74, 6) is -2.62. The molecule has 1 saturated carbocycles. The second-order valence-electron chi connectivity index (χ2n) is 13.4. The molecule has 0 N–H and O–H groups in total. The minimum atomic E-state index is -1.41. The number of ketones is 1. The van der Waals surface area contributed by atoms with Crippen LogP contribution in [0.3, 0.4) is 0 Å². The molecule has 0 unspecified atom stereocenters. The van der Waals surface area contributed by atoms with Crippen molar-refractivity contribution in [3.63, 3.8) is 0 Å². The van der Waals surface area contributed by atoms with Crippen LogP contribution >= 0.6 is 0 Å². The van der Waals surface area contributed by atoms with E-state index in [0.29, 0.717) is 5.69 Å². The quantitative estimate of drug-likeness (QED) is 0.188. The summed E-state index contributed by atoms with van der Waals surface area (Å²) in [6.45, 7) is 8.02. The van der Waals surface area contributed by atoms with Crippen LogP contribution in [0.2, 0.25) is 0 Å². The standard InChI is InChI=1S/C43H35NO3/c1-26-15-20-30(21-16-26)35-36(31-22-17-27(2)18-23-31)43(33-13-9-6-10-14-33)38-37(42(35,41(43)47)32-11-7-5-8-12-32)39(45)44(40(38)46)34-24-19-28(3)25-29(34)4/h5-25,37-38H,1-4H3/t37-,38+,42-,43-/m1/s1. The van der Waals surface area contributed by atoms with Crippen molar-refractivity contribution in [2.45, 2.75) is 38.5 Å². The molecule has 3 aliphatic rings. The summed E-state index contributed by atoms with van der Waals surface area (Å²) in [5.41, 5.74) is 6.70. The number of carbonyl (C=O) groups excluding carboxylic acids is 3. The largest absolute Gasteiger partial charge is 0.297 e. The van der Waals surface area contributed by atoms with E-state index in [4.69, 9.17) is 0 Å². The van der Waals surface area contributed by atoms with Crippen LogP contribution in [0.1, 0.15) is 44.5 Å². The summed E-state index contributed by atoms with van der Waals surface area (Å²) >= 11 is 0. The van der Waals surface area contributed by atoms with Gasteiger partial charge in [0.15, 0.2) is 5.78 Å². The monoisotopic (exact) mass is 613 g/mol. The molecule has 5 aromatic rings. The van der Waals surface area contributed by atoms with Gasteiger partial charge in [-0.1, -0.05) is 138 Å². The van der Waals surface area contributed by atoms with Crippen LogP contribution in [-0.4, -0.2) is 17.6 Å². The van der Waals surface area contributed by atoms with Crippen molar-refractivity contribution in [2.75, 3.05) is 4.90 Å². The van der Waals surface area contributed by atoms with E-state index in [1.54, 1.807) is 0 Å². The molecule has 2 fully saturated rings. The number of carbonyl (C=O) groups is 3. The Hall–Kier alpha value is -5.35. The van der Waals surface area contributed by atoms with E-state index in [-0.39, 0.29) is 17.6 Å². The molecule has 1 saturated heterocycles. The van der Waals surface area contributed by atoms with E-state index < -0.39 is 22.7 Å². The number of imide groups is 1. The number of rotatable bonds is 5. The number of Topliss-reactive ketones (excluding diaryl/α,β-unsaturated/α-hetero) is 1. The minimum Gasteiger partial charge on any atom is -0.297 e. The zero-order chi connectivity index (χ0) is 32.7. The van der Waals surface area contributed by atoms with E-state index in [1.807, 2.05) is 107 Å². The average Bonchev–Trinajstić information content (AvgIpc) is 3.58. The van der Waals surface area contributed by atoms with Gasteiger partial charge in [0, 0.05) is 0 Å². The Kier molecular flexibility index (Phi) is 6.39. The van der Waals surface area contributed by atoms with Crippen LogP contribution < -0.4 is 4.90 Å². The molecule has 0 radical (unpaired) electrons. The molecule has 1 heterocycles. The minimum absolute atomic E-state index is 0.106. The van der Waals surface area contributed by atoms with E-state index in [1.165, 1.54) is 4.90 Å². The van der Waals surface area contributed by atoms with Gasteiger partial charge < -0.3 is 0 Å². The fraction of sp³-hybridized carbons (Fsp3) is 0.186. The third-order valence-corrected chi connectivity index (χ3v) is 10.7. The van der Waals surface area contributed by atoms with Crippen LogP contribution in [0.5, 0.6) is 0 Å². The molecular formula is C43H35NO3. The van der Waals surface area contributed by atoms with Crippen molar-refractivity contribution < 1.29 is 14.4 Å². The van der Waals surface area contributed by atoms with Gasteiger partial charge in [-0.15, -0.1) is 0 Å². The van der Waals surface area contributed by atoms with Crippen LogP contribution in [0.25, 0.3) is 11.1 Å². The summed E-state index contributed by atoms with van der Waals surface area (Å²) < 4.78 is 0. The van der Waals surface area contributed by atoms with Crippen molar-refractivity contribution in [3.8, 4) is 0 Å². The first-order chi connectivity index (χ1) is 22.7. The summed E-state index contributed by atoms with van der Waals surface area (Å²) in [6.07, 6.45) is 0. The van der Waals surface area contributed by atoms with Crippen molar-refractivity contribution in [3.05, 3.63) is 172 Å². The van der Waals surface area contributed by atoms with Gasteiger partial charge >= 0.3 is 0 Å². The van der Waals surface area contributed by atoms with E-state index in [0.717, 1.165) is 55.7 Å². The van der Waals surface area contributed by atoms with Gasteiger partial charge in [0.1, 0.15) is 0 Å². The topological polar surface area (TPSA) is 54.5 Å². The fourth-order valence-electron chi connectivity index (χ4n) is 8.86. The lowest BCUT2D eigenvalue weighted by Gasteiger charge is -2.39. The number of allylic oxidation sites excluding steroid dienone is 2. The molecule has 2 bridgehead atoms. The molecule has 230 valence electrons. The molecule has 2 aliphatic carbocycles. The number of hydrogen-bond acceptors (Lipinski definition) is 3. The summed E-state index contributed by atoms with van der Waals surface area (Å²) in [4.78, 5) is 47.7. The van der Waals surface area contributed by atoms with Gasteiger partial charge in [-0.25, -0.2) is 4.90 Å². The van der Waals surface area contributed by atoms with Gasteiger partial charge in [0.05, 0.1) is 28.4 Å². The summed E-state index contributed by atoms with van der Waals surface area (Å²) in [5, 5.41) is 0. The highest BCUT2D eigenvalue weighted by atomic mass is 16.2. The SMILES string of the molecule is Cc1ccc(C2=C(c3ccc(C)cc3)[C@@]3(c4ccccc4)C(=O)[C@@]2(c2ccccc2)[C@@H]2C(=O)N(c4ccc(C)cc4C)C(=O)[C@@H]23)cc1. The first-order valence-electron chi connectivity index (χ1n) is 16.2. The lowest BCUT2D eigenvalue weighted by molar-refractivity contribution is -0.130. The molecule has 8 rings (SSSR count). The Morgan fingerprint density at radius 2 is 0.894 bits per heavy atom. The highest BCUT2D eigenvalue weighted by Gasteiger charge is 2.82. The number of benzene rings is 5. The van der Waals surface area contributed by atoms with Crippen molar-refractivity contribution >= 4 is 34.4 Å². The Morgan fingerprint density at radius 3 is 1.30 bits per heavy atom. The smallest absolute Gasteiger partial charge is 0.239 e. The van der Waals surface area contributed by atoms with Crippen molar-refractivity contribution in [1.82, 2.24) is 0 Å². The fourth-order valence-corrected chi connectivity index (χ4v) is 8.86. The van der Waals surface area contributed by atoms with Gasteiger partial charge in [-0.05, 0) is 72.7 Å². The second kappa shape index (κ2) is 10.3. The van der Waals surface area contributed by atoms with Crippen LogP contribution in [-0.2, 0) is 25.2 Å².